The Morgan fingerprint density at radius 3 is 2.15 bits per heavy atom. The van der Waals surface area contributed by atoms with E-state index in [2.05, 4.69) is 11.9 Å². The van der Waals surface area contributed by atoms with Gasteiger partial charge in [-0.05, 0) is 25.3 Å². The fourth-order valence-electron chi connectivity index (χ4n) is 2.80. The largest absolute Gasteiger partial charge is 0.342 e. The molecule has 2 atom stereocenters. The van der Waals surface area contributed by atoms with Crippen LogP contribution in [0.2, 0.25) is 0 Å². The van der Waals surface area contributed by atoms with E-state index in [0.717, 1.165) is 24.9 Å². The molecule has 0 N–H and O–H groups in total. The van der Waals surface area contributed by atoms with Gasteiger partial charge in [-0.15, -0.1) is 0 Å². The first-order chi connectivity index (χ1) is 6.15. The summed E-state index contributed by atoms with van der Waals surface area (Å²) in [7, 11) is 2.18. The Bertz CT molecular complexity index is 199. The number of amides is 1. The summed E-state index contributed by atoms with van der Waals surface area (Å²) in [5.41, 5.74) is 0. The van der Waals surface area contributed by atoms with Crippen molar-refractivity contribution >= 4 is 5.91 Å². The minimum atomic E-state index is 0.249. The number of fused-ring (bicyclic) bond motifs is 2. The molecule has 2 aliphatic heterocycles. The minimum absolute atomic E-state index is 0.249. The number of hydrogen-bond acceptors (Lipinski definition) is 2. The predicted octanol–water partition coefficient (Wildman–Crippen LogP) is 0.416. The van der Waals surface area contributed by atoms with Gasteiger partial charge in [0.2, 0.25) is 5.91 Å². The number of hydrogen-bond donors (Lipinski definition) is 0. The van der Waals surface area contributed by atoms with Crippen LogP contribution in [0.5, 0.6) is 0 Å². The van der Waals surface area contributed by atoms with Gasteiger partial charge < -0.3 is 9.80 Å². The SMILES string of the molecule is CC(=O)N1CC2CC(CN(C)C2)C1. The van der Waals surface area contributed by atoms with Crippen molar-refractivity contribution in [2.24, 2.45) is 11.8 Å². The van der Waals surface area contributed by atoms with Gasteiger partial charge >= 0.3 is 0 Å². The number of carbonyl (C=O) groups is 1. The zero-order valence-electron chi connectivity index (χ0n) is 8.49. The van der Waals surface area contributed by atoms with Gasteiger partial charge in [0.05, 0.1) is 0 Å². The molecule has 2 rings (SSSR count). The van der Waals surface area contributed by atoms with Crippen LogP contribution in [0.4, 0.5) is 0 Å². The molecule has 1 amide bonds. The maximum Gasteiger partial charge on any atom is 0.219 e. The number of carbonyl (C=O) groups excluding carboxylic acids is 1. The smallest absolute Gasteiger partial charge is 0.219 e. The minimum Gasteiger partial charge on any atom is -0.342 e. The van der Waals surface area contributed by atoms with Crippen LogP contribution in [0.25, 0.3) is 0 Å². The average molecular weight is 182 g/mol. The molecule has 3 heteroatoms. The molecular formula is C10H18N2O. The highest BCUT2D eigenvalue weighted by atomic mass is 16.2. The lowest BCUT2D eigenvalue weighted by atomic mass is 9.85. The quantitative estimate of drug-likeness (QED) is 0.542. The van der Waals surface area contributed by atoms with E-state index in [1.807, 2.05) is 4.90 Å². The second-order valence-electron chi connectivity index (χ2n) is 4.61. The molecule has 2 unspecified atom stereocenters. The predicted molar refractivity (Wildman–Crippen MR) is 51.3 cm³/mol. The van der Waals surface area contributed by atoms with Crippen LogP contribution >= 0.6 is 0 Å². The molecule has 0 aromatic rings. The summed E-state index contributed by atoms with van der Waals surface area (Å²) in [6, 6.07) is 0. The highest BCUT2D eigenvalue weighted by molar-refractivity contribution is 5.73. The lowest BCUT2D eigenvalue weighted by Gasteiger charge is -2.44. The summed E-state index contributed by atoms with van der Waals surface area (Å²) in [5, 5.41) is 0. The van der Waals surface area contributed by atoms with Gasteiger partial charge in [-0.3, -0.25) is 4.79 Å². The molecule has 0 aromatic heterocycles. The monoisotopic (exact) mass is 182 g/mol. The number of rotatable bonds is 0. The van der Waals surface area contributed by atoms with Gasteiger partial charge in [0.1, 0.15) is 0 Å². The highest BCUT2D eigenvalue weighted by Gasteiger charge is 2.33. The Labute approximate surface area is 79.7 Å². The van der Waals surface area contributed by atoms with Crippen LogP contribution in [-0.2, 0) is 4.79 Å². The molecule has 2 saturated heterocycles. The molecule has 2 bridgehead atoms. The van der Waals surface area contributed by atoms with E-state index in [0.29, 0.717) is 0 Å². The molecule has 0 spiro atoms. The normalized spacial score (nSPS) is 34.8. The zero-order valence-corrected chi connectivity index (χ0v) is 8.49. The fraction of sp³-hybridized carbons (Fsp3) is 0.900. The van der Waals surface area contributed by atoms with Crippen molar-refractivity contribution in [3.63, 3.8) is 0 Å². The van der Waals surface area contributed by atoms with Gasteiger partial charge in [0.25, 0.3) is 0 Å². The third kappa shape index (κ3) is 1.85. The first-order valence-corrected chi connectivity index (χ1v) is 5.09. The summed E-state index contributed by atoms with van der Waals surface area (Å²) in [5.74, 6) is 1.70. The Hall–Kier alpha value is -0.570. The lowest BCUT2D eigenvalue weighted by Crippen LogP contribution is -2.52. The summed E-state index contributed by atoms with van der Waals surface area (Å²) in [6.45, 7) is 5.98. The van der Waals surface area contributed by atoms with Crippen LogP contribution in [0, 0.1) is 11.8 Å². The molecule has 0 radical (unpaired) electrons. The molecule has 0 aliphatic carbocycles. The Balaban J connectivity index is 2.01. The van der Waals surface area contributed by atoms with Gasteiger partial charge in [0.15, 0.2) is 0 Å². The van der Waals surface area contributed by atoms with E-state index >= 15 is 0 Å². The zero-order chi connectivity index (χ0) is 9.42. The van der Waals surface area contributed by atoms with Gasteiger partial charge in [-0.2, -0.15) is 0 Å². The molecular weight excluding hydrogens is 164 g/mol. The van der Waals surface area contributed by atoms with E-state index in [4.69, 9.17) is 0 Å². The number of piperidine rings is 2. The Morgan fingerprint density at radius 1 is 1.15 bits per heavy atom. The average Bonchev–Trinajstić information content (AvgIpc) is 2.01. The molecule has 74 valence electrons. The Morgan fingerprint density at radius 2 is 1.69 bits per heavy atom. The van der Waals surface area contributed by atoms with Crippen molar-refractivity contribution in [2.75, 3.05) is 33.2 Å². The van der Waals surface area contributed by atoms with E-state index in [-0.39, 0.29) is 5.91 Å². The van der Waals surface area contributed by atoms with Crippen molar-refractivity contribution in [3.05, 3.63) is 0 Å². The van der Waals surface area contributed by atoms with Crippen LogP contribution in [0.1, 0.15) is 13.3 Å². The summed E-state index contributed by atoms with van der Waals surface area (Å²) in [6.07, 6.45) is 1.33. The first-order valence-electron chi connectivity index (χ1n) is 5.09. The van der Waals surface area contributed by atoms with E-state index in [9.17, 15) is 4.79 Å². The third-order valence-electron chi connectivity index (χ3n) is 3.21. The van der Waals surface area contributed by atoms with Crippen molar-refractivity contribution < 1.29 is 4.79 Å². The standard InChI is InChI=1S/C10H18N2O/c1-8(13)12-6-9-3-10(7-12)5-11(2)4-9/h9-10H,3-7H2,1-2H3. The maximum absolute atomic E-state index is 11.2. The van der Waals surface area contributed by atoms with Crippen molar-refractivity contribution in [1.29, 1.82) is 0 Å². The van der Waals surface area contributed by atoms with Crippen molar-refractivity contribution in [2.45, 2.75) is 13.3 Å². The maximum atomic E-state index is 11.2. The van der Waals surface area contributed by atoms with Gasteiger partial charge in [0, 0.05) is 33.1 Å². The van der Waals surface area contributed by atoms with E-state index < -0.39 is 0 Å². The van der Waals surface area contributed by atoms with Gasteiger partial charge in [-0.25, -0.2) is 0 Å². The topological polar surface area (TPSA) is 23.6 Å². The van der Waals surface area contributed by atoms with E-state index in [1.54, 1.807) is 6.92 Å². The summed E-state index contributed by atoms with van der Waals surface area (Å²) < 4.78 is 0. The summed E-state index contributed by atoms with van der Waals surface area (Å²) >= 11 is 0. The molecule has 13 heavy (non-hydrogen) atoms. The van der Waals surface area contributed by atoms with E-state index in [1.165, 1.54) is 19.5 Å². The molecule has 2 aliphatic rings. The Kier molecular flexibility index (Phi) is 2.28. The van der Waals surface area contributed by atoms with Crippen molar-refractivity contribution in [3.8, 4) is 0 Å². The molecule has 2 fully saturated rings. The first kappa shape index (κ1) is 9.00. The third-order valence-corrected chi connectivity index (χ3v) is 3.21. The molecule has 3 nitrogen and oxygen atoms in total. The second-order valence-corrected chi connectivity index (χ2v) is 4.61. The van der Waals surface area contributed by atoms with Crippen LogP contribution in [0.15, 0.2) is 0 Å². The van der Waals surface area contributed by atoms with Crippen LogP contribution in [0.3, 0.4) is 0 Å². The molecule has 0 aromatic carbocycles. The van der Waals surface area contributed by atoms with Gasteiger partial charge in [-0.1, -0.05) is 0 Å². The summed E-state index contributed by atoms with van der Waals surface area (Å²) in [4.78, 5) is 15.6. The molecule has 2 heterocycles. The second kappa shape index (κ2) is 3.29. The van der Waals surface area contributed by atoms with Crippen molar-refractivity contribution in [1.82, 2.24) is 9.80 Å². The van der Waals surface area contributed by atoms with Crippen LogP contribution < -0.4 is 0 Å². The molecule has 0 saturated carbocycles. The number of likely N-dealkylation sites (tertiary alicyclic amines) is 2. The lowest BCUT2D eigenvalue weighted by molar-refractivity contribution is -0.133. The number of nitrogens with zero attached hydrogens (tertiary/aromatic N) is 2. The fourth-order valence-corrected chi connectivity index (χ4v) is 2.80. The van der Waals surface area contributed by atoms with Crippen LogP contribution in [-0.4, -0.2) is 48.9 Å². The highest BCUT2D eigenvalue weighted by Crippen LogP contribution is 2.27.